The molecule has 1 aromatic carbocycles. The van der Waals surface area contributed by atoms with Crippen LogP contribution in [0.25, 0.3) is 5.69 Å². The highest BCUT2D eigenvalue weighted by molar-refractivity contribution is 9.10. The van der Waals surface area contributed by atoms with E-state index in [1.165, 1.54) is 13.5 Å². The molecule has 1 aromatic heterocycles. The van der Waals surface area contributed by atoms with Gasteiger partial charge in [-0.3, -0.25) is 4.79 Å². The summed E-state index contributed by atoms with van der Waals surface area (Å²) in [4.78, 5) is 27.5. The van der Waals surface area contributed by atoms with E-state index in [2.05, 4.69) is 21.0 Å². The van der Waals surface area contributed by atoms with Gasteiger partial charge in [0.2, 0.25) is 0 Å². The fraction of sp³-hybridized carbons (Fsp3) is 0.450. The van der Waals surface area contributed by atoms with Crippen LogP contribution in [-0.2, 0) is 9.53 Å². The van der Waals surface area contributed by atoms with Gasteiger partial charge in [0.25, 0.3) is 5.91 Å². The topological polar surface area (TPSA) is 64.4 Å². The second-order valence-corrected chi connectivity index (χ2v) is 8.17. The lowest BCUT2D eigenvalue weighted by Gasteiger charge is -2.33. The third-order valence-electron chi connectivity index (χ3n) is 5.70. The lowest BCUT2D eigenvalue weighted by atomic mass is 9.84. The van der Waals surface area contributed by atoms with Gasteiger partial charge in [-0.05, 0) is 59.3 Å². The van der Waals surface area contributed by atoms with Gasteiger partial charge in [-0.1, -0.05) is 18.9 Å². The van der Waals surface area contributed by atoms with Gasteiger partial charge in [0.15, 0.2) is 0 Å². The van der Waals surface area contributed by atoms with E-state index in [9.17, 15) is 9.59 Å². The number of benzene rings is 1. The van der Waals surface area contributed by atoms with Crippen molar-refractivity contribution >= 4 is 27.8 Å². The molecule has 2 heterocycles. The number of nitrogens with zero attached hydrogens (tertiary/aromatic N) is 3. The maximum Gasteiger partial charge on any atom is 0.328 e. The Hall–Kier alpha value is -2.15. The van der Waals surface area contributed by atoms with Crippen molar-refractivity contribution in [2.24, 2.45) is 5.92 Å². The summed E-state index contributed by atoms with van der Waals surface area (Å²) in [5.74, 6) is -0.0326. The first-order chi connectivity index (χ1) is 13.1. The minimum Gasteiger partial charge on any atom is -0.467 e. The van der Waals surface area contributed by atoms with Crippen molar-refractivity contribution in [3.63, 3.8) is 0 Å². The zero-order valence-electron chi connectivity index (χ0n) is 15.2. The van der Waals surface area contributed by atoms with Crippen LogP contribution in [0.5, 0.6) is 0 Å². The fourth-order valence-corrected chi connectivity index (χ4v) is 4.76. The smallest absolute Gasteiger partial charge is 0.328 e. The minimum atomic E-state index is -0.488. The van der Waals surface area contributed by atoms with Crippen molar-refractivity contribution in [1.82, 2.24) is 14.7 Å². The molecule has 0 bridgehead atoms. The molecule has 1 saturated heterocycles. The highest BCUT2D eigenvalue weighted by Crippen LogP contribution is 2.40. The number of rotatable bonds is 3. The van der Waals surface area contributed by atoms with Gasteiger partial charge >= 0.3 is 5.97 Å². The molecule has 3 atom stereocenters. The molecule has 0 N–H and O–H groups in total. The lowest BCUT2D eigenvalue weighted by molar-refractivity contribution is -0.145. The number of likely N-dealkylation sites (tertiary alicyclic amines) is 1. The van der Waals surface area contributed by atoms with Crippen LogP contribution in [0.1, 0.15) is 42.5 Å². The molecule has 4 rings (SSSR count). The van der Waals surface area contributed by atoms with Gasteiger partial charge in [0, 0.05) is 17.8 Å². The first kappa shape index (κ1) is 18.2. The molecule has 1 aliphatic carbocycles. The molecular weight excluding hydrogens is 410 g/mol. The van der Waals surface area contributed by atoms with E-state index in [0.717, 1.165) is 29.4 Å². The number of esters is 1. The second-order valence-electron chi connectivity index (χ2n) is 7.25. The first-order valence-electron chi connectivity index (χ1n) is 9.29. The predicted molar refractivity (Wildman–Crippen MR) is 104 cm³/mol. The summed E-state index contributed by atoms with van der Waals surface area (Å²) in [6.07, 6.45) is 8.54. The van der Waals surface area contributed by atoms with Gasteiger partial charge in [-0.2, -0.15) is 5.10 Å². The number of halogens is 1. The van der Waals surface area contributed by atoms with Gasteiger partial charge in [-0.15, -0.1) is 0 Å². The molecule has 2 aromatic rings. The van der Waals surface area contributed by atoms with Gasteiger partial charge in [0.05, 0.1) is 23.5 Å². The molecule has 0 spiro atoms. The Morgan fingerprint density at radius 1 is 1.26 bits per heavy atom. The number of amides is 1. The summed E-state index contributed by atoms with van der Waals surface area (Å²) in [6, 6.07) is 7.01. The largest absolute Gasteiger partial charge is 0.467 e. The molecule has 1 saturated carbocycles. The summed E-state index contributed by atoms with van der Waals surface area (Å²) in [5, 5.41) is 4.28. The fourth-order valence-electron chi connectivity index (χ4n) is 4.47. The number of ether oxygens (including phenoxy) is 1. The minimum absolute atomic E-state index is 0.104. The highest BCUT2D eigenvalue weighted by Gasteiger charge is 2.48. The van der Waals surface area contributed by atoms with Gasteiger partial charge in [-0.25, -0.2) is 9.48 Å². The van der Waals surface area contributed by atoms with E-state index in [4.69, 9.17) is 4.74 Å². The van der Waals surface area contributed by atoms with Gasteiger partial charge in [0.1, 0.15) is 6.04 Å². The quantitative estimate of drug-likeness (QED) is 0.696. The van der Waals surface area contributed by atoms with Crippen molar-refractivity contribution in [2.75, 3.05) is 7.11 Å². The standard InChI is InChI=1S/C20H22BrN3O3/c1-27-20(26)18-10-13-5-2-3-8-17(13)24(18)19(25)14-6-4-7-16(9-14)23-12-15(21)11-22-23/h4,6-7,9,11-13,17-18H,2-3,5,8,10H2,1H3/t13-,17-,18-/m0/s1. The molecule has 6 nitrogen and oxygen atoms in total. The Labute approximate surface area is 166 Å². The molecule has 0 unspecified atom stereocenters. The summed E-state index contributed by atoms with van der Waals surface area (Å²) in [7, 11) is 1.39. The lowest BCUT2D eigenvalue weighted by Crippen LogP contribution is -2.46. The van der Waals surface area contributed by atoms with Crippen LogP contribution < -0.4 is 0 Å². The number of hydrogen-bond donors (Lipinski definition) is 0. The predicted octanol–water partition coefficient (Wildman–Crippen LogP) is 3.58. The average Bonchev–Trinajstić information content (AvgIpc) is 3.30. The number of methoxy groups -OCH3 is 1. The zero-order valence-corrected chi connectivity index (χ0v) is 16.8. The summed E-state index contributed by atoms with van der Waals surface area (Å²) >= 11 is 3.39. The van der Waals surface area contributed by atoms with Crippen LogP contribution in [0.2, 0.25) is 0 Å². The molecule has 142 valence electrons. The Morgan fingerprint density at radius 3 is 2.81 bits per heavy atom. The van der Waals surface area contributed by atoms with Crippen molar-refractivity contribution < 1.29 is 14.3 Å². The Balaban J connectivity index is 1.66. The SMILES string of the molecule is COC(=O)[C@@H]1C[C@@H]2CCCC[C@@H]2N1C(=O)c1cccc(-n2cc(Br)cn2)c1. The summed E-state index contributed by atoms with van der Waals surface area (Å²) in [5.41, 5.74) is 1.37. The first-order valence-corrected chi connectivity index (χ1v) is 10.1. The average molecular weight is 432 g/mol. The van der Waals surface area contributed by atoms with Crippen LogP contribution >= 0.6 is 15.9 Å². The maximum atomic E-state index is 13.4. The zero-order chi connectivity index (χ0) is 19.0. The maximum absolute atomic E-state index is 13.4. The monoisotopic (exact) mass is 431 g/mol. The third-order valence-corrected chi connectivity index (χ3v) is 6.11. The number of carbonyl (C=O) groups is 2. The van der Waals surface area contributed by atoms with E-state index in [-0.39, 0.29) is 17.9 Å². The number of fused-ring (bicyclic) bond motifs is 1. The van der Waals surface area contributed by atoms with Crippen molar-refractivity contribution in [2.45, 2.75) is 44.2 Å². The normalized spacial score (nSPS) is 24.5. The van der Waals surface area contributed by atoms with E-state index >= 15 is 0 Å². The van der Waals surface area contributed by atoms with E-state index in [0.29, 0.717) is 17.9 Å². The van der Waals surface area contributed by atoms with Crippen molar-refractivity contribution in [3.05, 3.63) is 46.7 Å². The molecule has 7 heteroatoms. The van der Waals surface area contributed by atoms with E-state index in [1.54, 1.807) is 21.8 Å². The number of aromatic nitrogens is 2. The Bertz CT molecular complexity index is 866. The molecular formula is C20H22BrN3O3. The second kappa shape index (κ2) is 7.46. The summed E-state index contributed by atoms with van der Waals surface area (Å²) < 4.78 is 7.58. The van der Waals surface area contributed by atoms with Crippen LogP contribution in [0, 0.1) is 5.92 Å². The van der Waals surface area contributed by atoms with Crippen LogP contribution in [0.3, 0.4) is 0 Å². The number of hydrogen-bond acceptors (Lipinski definition) is 4. The molecule has 2 fully saturated rings. The highest BCUT2D eigenvalue weighted by atomic mass is 79.9. The molecule has 1 aliphatic heterocycles. The van der Waals surface area contributed by atoms with Crippen molar-refractivity contribution in [3.8, 4) is 5.69 Å². The number of carbonyl (C=O) groups excluding carboxylic acids is 2. The van der Waals surface area contributed by atoms with Gasteiger partial charge < -0.3 is 9.64 Å². The van der Waals surface area contributed by atoms with E-state index < -0.39 is 6.04 Å². The molecule has 1 amide bonds. The third kappa shape index (κ3) is 3.40. The van der Waals surface area contributed by atoms with E-state index in [1.807, 2.05) is 24.4 Å². The molecule has 2 aliphatic rings. The summed E-state index contributed by atoms with van der Waals surface area (Å²) in [6.45, 7) is 0. The van der Waals surface area contributed by atoms with Crippen LogP contribution in [0.15, 0.2) is 41.1 Å². The Morgan fingerprint density at radius 2 is 2.07 bits per heavy atom. The van der Waals surface area contributed by atoms with Crippen molar-refractivity contribution in [1.29, 1.82) is 0 Å². The molecule has 27 heavy (non-hydrogen) atoms. The Kier molecular flexibility index (Phi) is 5.04. The molecule has 0 radical (unpaired) electrons. The van der Waals surface area contributed by atoms with Crippen LogP contribution in [-0.4, -0.2) is 45.8 Å². The van der Waals surface area contributed by atoms with Crippen LogP contribution in [0.4, 0.5) is 0 Å².